The van der Waals surface area contributed by atoms with Crippen LogP contribution in [0.4, 0.5) is 0 Å². The molecule has 0 saturated carbocycles. The van der Waals surface area contributed by atoms with E-state index < -0.39 is 0 Å². The molecule has 1 fully saturated rings. The molecular weight excluding hydrogens is 240 g/mol. The van der Waals surface area contributed by atoms with Crippen molar-refractivity contribution >= 4 is 5.91 Å². The molecule has 0 aromatic heterocycles. The number of hydrogen-bond acceptors (Lipinski definition) is 4. The standard InChI is InChI=1S/C14H30N4O/c1-12(2)16-14(6-8-15-9-7-14)13(19)18(5)11-10-17(3)4/h12,15-16H,6-11H2,1-5H3. The van der Waals surface area contributed by atoms with Gasteiger partial charge >= 0.3 is 0 Å². The van der Waals surface area contributed by atoms with Crippen molar-refractivity contribution in [2.75, 3.05) is 47.3 Å². The van der Waals surface area contributed by atoms with Gasteiger partial charge in [0, 0.05) is 26.2 Å². The molecule has 1 aliphatic heterocycles. The monoisotopic (exact) mass is 270 g/mol. The van der Waals surface area contributed by atoms with Gasteiger partial charge in [-0.05, 0) is 53.9 Å². The van der Waals surface area contributed by atoms with Crippen LogP contribution in [0.25, 0.3) is 0 Å². The number of hydrogen-bond donors (Lipinski definition) is 2. The second-order valence-electron chi connectivity index (χ2n) is 6.16. The predicted octanol–water partition coefficient (Wildman–Crippen LogP) is 0.127. The lowest BCUT2D eigenvalue weighted by Crippen LogP contribution is -2.63. The minimum absolute atomic E-state index is 0.240. The third kappa shape index (κ3) is 4.75. The highest BCUT2D eigenvalue weighted by molar-refractivity contribution is 5.86. The molecule has 5 heteroatoms. The number of piperidine rings is 1. The van der Waals surface area contributed by atoms with Crippen LogP contribution in [-0.2, 0) is 4.79 Å². The number of carbonyl (C=O) groups is 1. The van der Waals surface area contributed by atoms with E-state index in [1.807, 2.05) is 26.0 Å². The van der Waals surface area contributed by atoms with Crippen molar-refractivity contribution in [3.8, 4) is 0 Å². The van der Waals surface area contributed by atoms with Crippen molar-refractivity contribution in [2.45, 2.75) is 38.3 Å². The van der Waals surface area contributed by atoms with E-state index in [4.69, 9.17) is 0 Å². The Labute approximate surface area is 117 Å². The molecule has 1 rings (SSSR count). The zero-order valence-electron chi connectivity index (χ0n) is 13.1. The molecule has 19 heavy (non-hydrogen) atoms. The van der Waals surface area contributed by atoms with Gasteiger partial charge in [-0.25, -0.2) is 0 Å². The number of rotatable bonds is 6. The normalized spacial score (nSPS) is 18.9. The van der Waals surface area contributed by atoms with Crippen LogP contribution in [0.5, 0.6) is 0 Å². The molecule has 0 aliphatic carbocycles. The predicted molar refractivity (Wildman–Crippen MR) is 79.3 cm³/mol. The van der Waals surface area contributed by atoms with Crippen molar-refractivity contribution in [3.05, 3.63) is 0 Å². The first-order chi connectivity index (χ1) is 8.87. The minimum atomic E-state index is -0.375. The molecule has 1 saturated heterocycles. The second-order valence-corrected chi connectivity index (χ2v) is 6.16. The van der Waals surface area contributed by atoms with Crippen molar-refractivity contribution < 1.29 is 4.79 Å². The molecule has 0 bridgehead atoms. The summed E-state index contributed by atoms with van der Waals surface area (Å²) in [5.74, 6) is 0.240. The van der Waals surface area contributed by atoms with E-state index in [2.05, 4.69) is 29.4 Å². The summed E-state index contributed by atoms with van der Waals surface area (Å²) in [6.07, 6.45) is 1.74. The molecule has 0 unspecified atom stereocenters. The lowest BCUT2D eigenvalue weighted by Gasteiger charge is -2.41. The van der Waals surface area contributed by atoms with Crippen LogP contribution in [0.15, 0.2) is 0 Å². The fraction of sp³-hybridized carbons (Fsp3) is 0.929. The highest BCUT2D eigenvalue weighted by atomic mass is 16.2. The summed E-state index contributed by atoms with van der Waals surface area (Å²) in [6, 6.07) is 0.323. The summed E-state index contributed by atoms with van der Waals surface area (Å²) in [5, 5.41) is 6.86. The Morgan fingerprint density at radius 2 is 1.79 bits per heavy atom. The third-order valence-electron chi connectivity index (χ3n) is 3.66. The van der Waals surface area contributed by atoms with Crippen LogP contribution in [-0.4, -0.2) is 74.6 Å². The zero-order chi connectivity index (χ0) is 14.5. The van der Waals surface area contributed by atoms with E-state index in [1.165, 1.54) is 0 Å². The van der Waals surface area contributed by atoms with E-state index in [1.54, 1.807) is 0 Å². The van der Waals surface area contributed by atoms with E-state index in [0.717, 1.165) is 39.0 Å². The molecule has 112 valence electrons. The van der Waals surface area contributed by atoms with Crippen LogP contribution in [0.2, 0.25) is 0 Å². The summed E-state index contributed by atoms with van der Waals surface area (Å²) < 4.78 is 0. The highest BCUT2D eigenvalue weighted by Crippen LogP contribution is 2.21. The highest BCUT2D eigenvalue weighted by Gasteiger charge is 2.41. The van der Waals surface area contributed by atoms with Crippen molar-refractivity contribution in [1.82, 2.24) is 20.4 Å². The molecule has 0 atom stereocenters. The second kappa shape index (κ2) is 7.22. The van der Waals surface area contributed by atoms with Gasteiger partial charge in [0.25, 0.3) is 0 Å². The number of likely N-dealkylation sites (N-methyl/N-ethyl adjacent to an activating group) is 2. The molecule has 0 aromatic rings. The van der Waals surface area contributed by atoms with E-state index >= 15 is 0 Å². The van der Waals surface area contributed by atoms with E-state index in [0.29, 0.717) is 6.04 Å². The topological polar surface area (TPSA) is 47.6 Å². The van der Waals surface area contributed by atoms with E-state index in [-0.39, 0.29) is 11.4 Å². The van der Waals surface area contributed by atoms with Crippen molar-refractivity contribution in [3.63, 3.8) is 0 Å². The minimum Gasteiger partial charge on any atom is -0.343 e. The van der Waals surface area contributed by atoms with Gasteiger partial charge in [0.15, 0.2) is 0 Å². The van der Waals surface area contributed by atoms with Crippen molar-refractivity contribution in [2.24, 2.45) is 0 Å². The van der Waals surface area contributed by atoms with Crippen LogP contribution in [0, 0.1) is 0 Å². The lowest BCUT2D eigenvalue weighted by molar-refractivity contribution is -0.138. The van der Waals surface area contributed by atoms with Gasteiger partial charge in [-0.3, -0.25) is 4.79 Å². The molecule has 1 heterocycles. The lowest BCUT2D eigenvalue weighted by atomic mass is 9.86. The molecule has 1 amide bonds. The largest absolute Gasteiger partial charge is 0.343 e. The van der Waals surface area contributed by atoms with Crippen LogP contribution < -0.4 is 10.6 Å². The Morgan fingerprint density at radius 3 is 2.26 bits per heavy atom. The van der Waals surface area contributed by atoms with Crippen LogP contribution in [0.1, 0.15) is 26.7 Å². The maximum Gasteiger partial charge on any atom is 0.242 e. The van der Waals surface area contributed by atoms with Crippen LogP contribution >= 0.6 is 0 Å². The van der Waals surface area contributed by atoms with Gasteiger partial charge in [-0.2, -0.15) is 0 Å². The summed E-state index contributed by atoms with van der Waals surface area (Å²) in [7, 11) is 5.98. The molecule has 0 aromatic carbocycles. The maximum absolute atomic E-state index is 12.8. The fourth-order valence-electron chi connectivity index (χ4n) is 2.64. The fourth-order valence-corrected chi connectivity index (χ4v) is 2.64. The van der Waals surface area contributed by atoms with Crippen molar-refractivity contribution in [1.29, 1.82) is 0 Å². The van der Waals surface area contributed by atoms with Gasteiger partial charge in [0.2, 0.25) is 5.91 Å². The van der Waals surface area contributed by atoms with Gasteiger partial charge in [-0.15, -0.1) is 0 Å². The Morgan fingerprint density at radius 1 is 1.21 bits per heavy atom. The van der Waals surface area contributed by atoms with Gasteiger partial charge in [-0.1, -0.05) is 0 Å². The Balaban J connectivity index is 2.70. The summed E-state index contributed by atoms with van der Waals surface area (Å²) >= 11 is 0. The molecule has 0 spiro atoms. The number of nitrogens with zero attached hydrogens (tertiary/aromatic N) is 2. The first kappa shape index (κ1) is 16.4. The molecule has 0 radical (unpaired) electrons. The molecular formula is C14H30N4O. The van der Waals surface area contributed by atoms with Gasteiger partial charge in [0.1, 0.15) is 5.54 Å². The summed E-state index contributed by atoms with van der Waals surface area (Å²) in [6.45, 7) is 7.72. The average molecular weight is 270 g/mol. The van der Waals surface area contributed by atoms with E-state index in [9.17, 15) is 4.79 Å². The third-order valence-corrected chi connectivity index (χ3v) is 3.66. The zero-order valence-corrected chi connectivity index (χ0v) is 13.1. The molecule has 2 N–H and O–H groups in total. The first-order valence-corrected chi connectivity index (χ1v) is 7.26. The Kier molecular flexibility index (Phi) is 6.23. The summed E-state index contributed by atoms with van der Waals surface area (Å²) in [4.78, 5) is 16.8. The molecule has 1 aliphatic rings. The number of nitrogens with one attached hydrogen (secondary N) is 2. The summed E-state index contributed by atoms with van der Waals surface area (Å²) in [5.41, 5.74) is -0.375. The van der Waals surface area contributed by atoms with Gasteiger partial charge in [0.05, 0.1) is 0 Å². The first-order valence-electron chi connectivity index (χ1n) is 7.26. The molecule has 5 nitrogen and oxygen atoms in total. The van der Waals surface area contributed by atoms with Crippen LogP contribution in [0.3, 0.4) is 0 Å². The average Bonchev–Trinajstić information content (AvgIpc) is 2.35. The number of carbonyl (C=O) groups excluding carboxylic acids is 1. The Bertz CT molecular complexity index is 285. The number of amides is 1. The maximum atomic E-state index is 12.8. The quantitative estimate of drug-likeness (QED) is 0.720. The van der Waals surface area contributed by atoms with Gasteiger partial charge < -0.3 is 20.4 Å². The smallest absolute Gasteiger partial charge is 0.242 e. The SMILES string of the molecule is CC(C)NC1(C(=O)N(C)CCN(C)C)CCNCC1. The Hall–Kier alpha value is -0.650.